The minimum atomic E-state index is -3.41. The third kappa shape index (κ3) is 7.70. The third-order valence-corrected chi connectivity index (χ3v) is 4.90. The predicted octanol–water partition coefficient (Wildman–Crippen LogP) is 3.38. The Morgan fingerprint density at radius 3 is 2.39 bits per heavy atom. The molecule has 23 heavy (non-hydrogen) atoms. The largest absolute Gasteiger partial charge is 0.492 e. The fourth-order valence-electron chi connectivity index (χ4n) is 1.92. The minimum absolute atomic E-state index is 0.0108. The lowest BCUT2D eigenvalue weighted by Crippen LogP contribution is -2.26. The zero-order valence-corrected chi connectivity index (χ0v) is 15.5. The average molecular weight is 362 g/mol. The van der Waals surface area contributed by atoms with Crippen molar-refractivity contribution in [1.82, 2.24) is 0 Å². The van der Waals surface area contributed by atoms with Gasteiger partial charge in [-0.25, -0.2) is 8.42 Å². The Balaban J connectivity index is 2.67. The zero-order valence-electron chi connectivity index (χ0n) is 13.9. The smallest absolute Gasteiger partial charge is 0.239 e. The van der Waals surface area contributed by atoms with Gasteiger partial charge in [0, 0.05) is 5.69 Å². The Kier molecular flexibility index (Phi) is 7.35. The van der Waals surface area contributed by atoms with Crippen molar-refractivity contribution in [2.45, 2.75) is 27.7 Å². The Bertz CT molecular complexity index is 641. The summed E-state index contributed by atoms with van der Waals surface area (Å²) in [5.74, 6) is -0.225. The van der Waals surface area contributed by atoms with E-state index >= 15 is 0 Å². The van der Waals surface area contributed by atoms with Crippen LogP contribution in [0.25, 0.3) is 0 Å². The summed E-state index contributed by atoms with van der Waals surface area (Å²) in [5, 5.41) is 2.92. The van der Waals surface area contributed by atoms with E-state index in [1.54, 1.807) is 32.0 Å². The van der Waals surface area contributed by atoms with Crippen molar-refractivity contribution in [2.75, 3.05) is 23.4 Å². The molecule has 0 bridgehead atoms. The van der Waals surface area contributed by atoms with Gasteiger partial charge in [0.25, 0.3) is 0 Å². The standard InChI is InChI=1S/C16H24ClNO4S/c1-11(2)8-22-15-6-5-13(7-14(15)17)18-16(19)10-23(20,21)9-12(3)4/h5-7,11-12H,8-10H2,1-4H3,(H,18,19). The summed E-state index contributed by atoms with van der Waals surface area (Å²) in [7, 11) is -3.41. The van der Waals surface area contributed by atoms with E-state index in [-0.39, 0.29) is 11.7 Å². The van der Waals surface area contributed by atoms with Crippen molar-refractivity contribution in [2.24, 2.45) is 11.8 Å². The Hall–Kier alpha value is -1.27. The first kappa shape index (κ1) is 19.8. The molecule has 0 heterocycles. The number of sulfone groups is 1. The molecule has 1 amide bonds. The highest BCUT2D eigenvalue weighted by molar-refractivity contribution is 7.92. The number of nitrogens with one attached hydrogen (secondary N) is 1. The first-order chi connectivity index (χ1) is 10.6. The quantitative estimate of drug-likeness (QED) is 0.770. The van der Waals surface area contributed by atoms with Gasteiger partial charge < -0.3 is 10.1 Å². The van der Waals surface area contributed by atoms with Crippen molar-refractivity contribution in [3.8, 4) is 5.75 Å². The first-order valence-corrected chi connectivity index (χ1v) is 9.71. The van der Waals surface area contributed by atoms with E-state index in [1.165, 1.54) is 0 Å². The number of amides is 1. The topological polar surface area (TPSA) is 72.5 Å². The third-order valence-electron chi connectivity index (χ3n) is 2.73. The van der Waals surface area contributed by atoms with E-state index in [9.17, 15) is 13.2 Å². The molecule has 1 aromatic rings. The van der Waals surface area contributed by atoms with E-state index in [2.05, 4.69) is 5.32 Å². The van der Waals surface area contributed by atoms with E-state index < -0.39 is 21.5 Å². The zero-order chi connectivity index (χ0) is 17.6. The number of benzene rings is 1. The van der Waals surface area contributed by atoms with Gasteiger partial charge in [0.05, 0.1) is 17.4 Å². The van der Waals surface area contributed by atoms with Gasteiger partial charge in [0.2, 0.25) is 5.91 Å². The highest BCUT2D eigenvalue weighted by atomic mass is 35.5. The number of anilines is 1. The van der Waals surface area contributed by atoms with Gasteiger partial charge in [-0.3, -0.25) is 4.79 Å². The van der Waals surface area contributed by atoms with Crippen LogP contribution in [0.4, 0.5) is 5.69 Å². The fourth-order valence-corrected chi connectivity index (χ4v) is 3.76. The van der Waals surface area contributed by atoms with Crippen LogP contribution in [0, 0.1) is 11.8 Å². The SMILES string of the molecule is CC(C)COc1ccc(NC(=O)CS(=O)(=O)CC(C)C)cc1Cl. The Labute approximate surface area is 143 Å². The van der Waals surface area contributed by atoms with Crippen molar-refractivity contribution in [1.29, 1.82) is 0 Å². The molecule has 0 saturated carbocycles. The molecule has 7 heteroatoms. The van der Waals surface area contributed by atoms with Crippen molar-refractivity contribution in [3.05, 3.63) is 23.2 Å². The second-order valence-electron chi connectivity index (χ2n) is 6.35. The van der Waals surface area contributed by atoms with Crippen molar-refractivity contribution >= 4 is 33.0 Å². The van der Waals surface area contributed by atoms with Gasteiger partial charge in [-0.05, 0) is 30.0 Å². The van der Waals surface area contributed by atoms with Crippen LogP contribution < -0.4 is 10.1 Å². The Morgan fingerprint density at radius 2 is 1.87 bits per heavy atom. The van der Waals surface area contributed by atoms with Crippen LogP contribution >= 0.6 is 11.6 Å². The number of ether oxygens (including phenoxy) is 1. The van der Waals surface area contributed by atoms with E-state index in [0.29, 0.717) is 29.0 Å². The summed E-state index contributed by atoms with van der Waals surface area (Å²) < 4.78 is 29.2. The molecule has 1 N–H and O–H groups in total. The van der Waals surface area contributed by atoms with Gasteiger partial charge in [-0.2, -0.15) is 0 Å². The predicted molar refractivity (Wildman–Crippen MR) is 93.9 cm³/mol. The summed E-state index contributed by atoms with van der Waals surface area (Å²) in [6, 6.07) is 4.83. The molecule has 0 atom stereocenters. The van der Waals surface area contributed by atoms with Crippen LogP contribution in [0.1, 0.15) is 27.7 Å². The lowest BCUT2D eigenvalue weighted by molar-refractivity contribution is -0.113. The van der Waals surface area contributed by atoms with Crippen LogP contribution in [-0.4, -0.2) is 32.4 Å². The molecule has 5 nitrogen and oxygen atoms in total. The lowest BCUT2D eigenvalue weighted by atomic mass is 10.2. The first-order valence-electron chi connectivity index (χ1n) is 7.51. The fraction of sp³-hybridized carbons (Fsp3) is 0.562. The summed E-state index contributed by atoms with van der Waals surface area (Å²) in [6.07, 6.45) is 0. The summed E-state index contributed by atoms with van der Waals surface area (Å²) in [4.78, 5) is 11.9. The molecule has 0 fully saturated rings. The minimum Gasteiger partial charge on any atom is -0.492 e. The summed E-state index contributed by atoms with van der Waals surface area (Å²) in [6.45, 7) is 8.19. The normalized spacial score (nSPS) is 11.8. The number of hydrogen-bond donors (Lipinski definition) is 1. The molecule has 1 rings (SSSR count). The number of carbonyl (C=O) groups is 1. The molecule has 0 aromatic heterocycles. The molecule has 0 aliphatic carbocycles. The summed E-state index contributed by atoms with van der Waals surface area (Å²) in [5.41, 5.74) is 0.441. The monoisotopic (exact) mass is 361 g/mol. The van der Waals surface area contributed by atoms with E-state index in [1.807, 2.05) is 13.8 Å². The van der Waals surface area contributed by atoms with Crippen molar-refractivity contribution in [3.63, 3.8) is 0 Å². The van der Waals surface area contributed by atoms with Gasteiger partial charge >= 0.3 is 0 Å². The molecular formula is C16H24ClNO4S. The van der Waals surface area contributed by atoms with Crippen LogP contribution in [0.15, 0.2) is 18.2 Å². The molecule has 0 radical (unpaired) electrons. The maximum absolute atomic E-state index is 11.9. The number of hydrogen-bond acceptors (Lipinski definition) is 4. The number of halogens is 1. The van der Waals surface area contributed by atoms with Gasteiger partial charge in [-0.15, -0.1) is 0 Å². The van der Waals surface area contributed by atoms with Crippen molar-refractivity contribution < 1.29 is 17.9 Å². The number of rotatable bonds is 8. The maximum Gasteiger partial charge on any atom is 0.239 e. The van der Waals surface area contributed by atoms with Crippen LogP contribution in [0.2, 0.25) is 5.02 Å². The van der Waals surface area contributed by atoms with Crippen LogP contribution in [0.5, 0.6) is 5.75 Å². The maximum atomic E-state index is 11.9. The molecular weight excluding hydrogens is 338 g/mol. The molecule has 0 saturated heterocycles. The van der Waals surface area contributed by atoms with Gasteiger partial charge in [0.1, 0.15) is 11.5 Å². The Morgan fingerprint density at radius 1 is 1.22 bits per heavy atom. The molecule has 0 aliphatic heterocycles. The molecule has 1 aromatic carbocycles. The van der Waals surface area contributed by atoms with E-state index in [0.717, 1.165) is 0 Å². The average Bonchev–Trinajstić information content (AvgIpc) is 2.34. The summed E-state index contributed by atoms with van der Waals surface area (Å²) >= 11 is 6.10. The lowest BCUT2D eigenvalue weighted by Gasteiger charge is -2.12. The van der Waals surface area contributed by atoms with E-state index in [4.69, 9.17) is 16.3 Å². The number of carbonyl (C=O) groups excluding carboxylic acids is 1. The van der Waals surface area contributed by atoms with Gasteiger partial charge in [0.15, 0.2) is 9.84 Å². The molecule has 130 valence electrons. The molecule has 0 spiro atoms. The van der Waals surface area contributed by atoms with Crippen LogP contribution in [0.3, 0.4) is 0 Å². The van der Waals surface area contributed by atoms with Crippen LogP contribution in [-0.2, 0) is 14.6 Å². The second-order valence-corrected chi connectivity index (χ2v) is 8.86. The molecule has 0 aliphatic rings. The highest BCUT2D eigenvalue weighted by Crippen LogP contribution is 2.28. The second kappa shape index (κ2) is 8.55. The van der Waals surface area contributed by atoms with Gasteiger partial charge in [-0.1, -0.05) is 39.3 Å². The molecule has 0 unspecified atom stereocenters. The highest BCUT2D eigenvalue weighted by Gasteiger charge is 2.18.